The van der Waals surface area contributed by atoms with Crippen molar-refractivity contribution in [3.05, 3.63) is 48.6 Å². The smallest absolute Gasteiger partial charge is 0.0279 e. The molecule has 0 radical (unpaired) electrons. The summed E-state index contributed by atoms with van der Waals surface area (Å²) in [5.41, 5.74) is 1.46. The molecule has 1 aliphatic rings. The van der Waals surface area contributed by atoms with Gasteiger partial charge in [-0.05, 0) is 36.7 Å². The highest BCUT2D eigenvalue weighted by atomic mass is 14.1. The standard InChI is InChI=1S/C14H20.C5H10.2C2H6/c1-3-8-13(2)9-7-12-14-10-5-4-6-11-14;1-5-3-2-4-5;2*1-2/h3-6,10-11,13H,1,7-9,12H2,2H3;5H,2-4H2,1H3;2*1-2H3. The second-order valence-electron chi connectivity index (χ2n) is 6.04. The zero-order valence-electron chi connectivity index (χ0n) is 16.8. The first kappa shape index (κ1) is 24.2. The molecule has 1 fully saturated rings. The molecule has 23 heavy (non-hydrogen) atoms. The van der Waals surface area contributed by atoms with Crippen LogP contribution in [-0.2, 0) is 6.42 Å². The number of benzene rings is 1. The van der Waals surface area contributed by atoms with E-state index in [0.717, 1.165) is 18.3 Å². The van der Waals surface area contributed by atoms with E-state index >= 15 is 0 Å². The van der Waals surface area contributed by atoms with Gasteiger partial charge in [-0.1, -0.05) is 104 Å². The third kappa shape index (κ3) is 15.6. The predicted octanol–water partition coefficient (Wildman–Crippen LogP) is 8.08. The SMILES string of the molecule is C=CCC(C)CCCc1ccccc1.CC.CC.CC1CCC1. The predicted molar refractivity (Wildman–Crippen MR) is 109 cm³/mol. The van der Waals surface area contributed by atoms with Crippen molar-refractivity contribution in [2.75, 3.05) is 0 Å². The van der Waals surface area contributed by atoms with Crippen molar-refractivity contribution in [2.45, 2.75) is 86.5 Å². The minimum atomic E-state index is 0.788. The molecule has 1 aromatic carbocycles. The van der Waals surface area contributed by atoms with E-state index < -0.39 is 0 Å². The van der Waals surface area contributed by atoms with Crippen LogP contribution in [0, 0.1) is 11.8 Å². The van der Waals surface area contributed by atoms with Crippen LogP contribution >= 0.6 is 0 Å². The van der Waals surface area contributed by atoms with Crippen LogP contribution in [0.15, 0.2) is 43.0 Å². The lowest BCUT2D eigenvalue weighted by Crippen LogP contribution is -2.04. The monoisotopic (exact) mass is 318 g/mol. The third-order valence-corrected chi connectivity index (χ3v) is 3.97. The van der Waals surface area contributed by atoms with E-state index in [4.69, 9.17) is 0 Å². The summed E-state index contributed by atoms with van der Waals surface area (Å²) in [4.78, 5) is 0. The van der Waals surface area contributed by atoms with Crippen LogP contribution in [0.2, 0.25) is 0 Å². The van der Waals surface area contributed by atoms with Gasteiger partial charge in [0.15, 0.2) is 0 Å². The van der Waals surface area contributed by atoms with Crippen molar-refractivity contribution in [2.24, 2.45) is 11.8 Å². The van der Waals surface area contributed by atoms with E-state index in [2.05, 4.69) is 50.8 Å². The summed E-state index contributed by atoms with van der Waals surface area (Å²) in [6, 6.07) is 10.7. The lowest BCUT2D eigenvalue weighted by Gasteiger charge is -2.18. The minimum Gasteiger partial charge on any atom is -0.103 e. The van der Waals surface area contributed by atoms with Crippen LogP contribution in [0.4, 0.5) is 0 Å². The first-order chi connectivity index (χ1) is 11.2. The Bertz CT molecular complexity index is 321. The molecule has 0 aliphatic heterocycles. The Hall–Kier alpha value is -1.04. The Morgan fingerprint density at radius 1 is 1.09 bits per heavy atom. The number of hydrogen-bond acceptors (Lipinski definition) is 0. The van der Waals surface area contributed by atoms with Crippen molar-refractivity contribution < 1.29 is 0 Å². The summed E-state index contributed by atoms with van der Waals surface area (Å²) in [6.45, 7) is 16.4. The fourth-order valence-electron chi connectivity index (χ4n) is 2.31. The summed E-state index contributed by atoms with van der Waals surface area (Å²) < 4.78 is 0. The van der Waals surface area contributed by atoms with E-state index in [-0.39, 0.29) is 0 Å². The van der Waals surface area contributed by atoms with Crippen molar-refractivity contribution in [1.29, 1.82) is 0 Å². The number of aryl methyl sites for hydroxylation is 1. The lowest BCUT2D eigenvalue weighted by molar-refractivity contribution is 0.346. The van der Waals surface area contributed by atoms with E-state index in [9.17, 15) is 0 Å². The Labute approximate surface area is 147 Å². The fraction of sp³-hybridized carbons (Fsp3) is 0.652. The molecule has 0 spiro atoms. The van der Waals surface area contributed by atoms with Gasteiger partial charge in [-0.2, -0.15) is 0 Å². The van der Waals surface area contributed by atoms with Gasteiger partial charge < -0.3 is 0 Å². The van der Waals surface area contributed by atoms with E-state index in [0.29, 0.717) is 0 Å². The molecule has 1 atom stereocenters. The Kier molecular flexibility index (Phi) is 20.0. The van der Waals surface area contributed by atoms with Crippen molar-refractivity contribution in [1.82, 2.24) is 0 Å². The molecule has 2 rings (SSSR count). The molecule has 1 aromatic rings. The van der Waals surface area contributed by atoms with E-state index in [1.165, 1.54) is 44.1 Å². The number of hydrogen-bond donors (Lipinski definition) is 0. The van der Waals surface area contributed by atoms with Crippen molar-refractivity contribution in [3.8, 4) is 0 Å². The Morgan fingerprint density at radius 2 is 1.61 bits per heavy atom. The van der Waals surface area contributed by atoms with Gasteiger partial charge >= 0.3 is 0 Å². The van der Waals surface area contributed by atoms with Crippen LogP contribution in [0.25, 0.3) is 0 Å². The molecule has 0 amide bonds. The molecule has 0 saturated heterocycles. The van der Waals surface area contributed by atoms with Gasteiger partial charge in [-0.3, -0.25) is 0 Å². The summed E-state index contributed by atoms with van der Waals surface area (Å²) >= 11 is 0. The first-order valence-corrected chi connectivity index (χ1v) is 9.87. The molecule has 1 saturated carbocycles. The number of allylic oxidation sites excluding steroid dienone is 1. The maximum atomic E-state index is 3.77. The highest BCUT2D eigenvalue weighted by molar-refractivity contribution is 5.14. The van der Waals surface area contributed by atoms with Gasteiger partial charge in [0.1, 0.15) is 0 Å². The Morgan fingerprint density at radius 3 is 2.00 bits per heavy atom. The summed E-state index contributed by atoms with van der Waals surface area (Å²) in [5.74, 6) is 1.85. The second kappa shape index (κ2) is 19.0. The molecular weight excluding hydrogens is 276 g/mol. The van der Waals surface area contributed by atoms with Gasteiger partial charge in [0, 0.05) is 0 Å². The third-order valence-electron chi connectivity index (χ3n) is 3.97. The molecule has 0 heterocycles. The van der Waals surface area contributed by atoms with Gasteiger partial charge in [0.25, 0.3) is 0 Å². The zero-order valence-corrected chi connectivity index (χ0v) is 16.8. The average molecular weight is 319 g/mol. The van der Waals surface area contributed by atoms with Crippen molar-refractivity contribution in [3.63, 3.8) is 0 Å². The molecule has 0 N–H and O–H groups in total. The maximum absolute atomic E-state index is 3.77. The maximum Gasteiger partial charge on any atom is -0.0279 e. The molecule has 0 aromatic heterocycles. The van der Waals surface area contributed by atoms with E-state index in [1.807, 2.05) is 33.8 Å². The number of rotatable bonds is 6. The first-order valence-electron chi connectivity index (χ1n) is 9.87. The topological polar surface area (TPSA) is 0 Å². The highest BCUT2D eigenvalue weighted by Gasteiger charge is 2.09. The normalized spacial score (nSPS) is 13.7. The van der Waals surface area contributed by atoms with Crippen LogP contribution < -0.4 is 0 Å². The van der Waals surface area contributed by atoms with Crippen molar-refractivity contribution >= 4 is 0 Å². The fourth-order valence-corrected chi connectivity index (χ4v) is 2.31. The quantitative estimate of drug-likeness (QED) is 0.465. The second-order valence-corrected chi connectivity index (χ2v) is 6.04. The molecular formula is C23H42. The van der Waals surface area contributed by atoms with Gasteiger partial charge in [-0.15, -0.1) is 6.58 Å². The average Bonchev–Trinajstić information content (AvgIpc) is 2.58. The Balaban J connectivity index is 0. The summed E-state index contributed by atoms with van der Waals surface area (Å²) in [5, 5.41) is 0. The molecule has 0 bridgehead atoms. The van der Waals surface area contributed by atoms with Crippen LogP contribution in [0.3, 0.4) is 0 Å². The lowest BCUT2D eigenvalue weighted by atomic mass is 9.88. The summed E-state index contributed by atoms with van der Waals surface area (Å²) in [7, 11) is 0. The molecule has 1 unspecified atom stereocenters. The minimum absolute atomic E-state index is 0.788. The highest BCUT2D eigenvalue weighted by Crippen LogP contribution is 2.24. The molecule has 0 heteroatoms. The van der Waals surface area contributed by atoms with Gasteiger partial charge in [0.2, 0.25) is 0 Å². The largest absolute Gasteiger partial charge is 0.103 e. The van der Waals surface area contributed by atoms with Gasteiger partial charge in [-0.25, -0.2) is 0 Å². The van der Waals surface area contributed by atoms with E-state index in [1.54, 1.807) is 0 Å². The van der Waals surface area contributed by atoms with Crippen LogP contribution in [0.1, 0.15) is 85.6 Å². The van der Waals surface area contributed by atoms with Crippen LogP contribution in [-0.4, -0.2) is 0 Å². The molecule has 0 nitrogen and oxygen atoms in total. The van der Waals surface area contributed by atoms with Crippen LogP contribution in [0.5, 0.6) is 0 Å². The zero-order chi connectivity index (χ0) is 17.9. The molecule has 1 aliphatic carbocycles. The molecule has 134 valence electrons. The van der Waals surface area contributed by atoms with Gasteiger partial charge in [0.05, 0.1) is 0 Å². The summed E-state index contributed by atoms with van der Waals surface area (Å²) in [6.07, 6.45) is 11.4.